The zero-order valence-corrected chi connectivity index (χ0v) is 16.3. The molecule has 0 bridgehead atoms. The number of methoxy groups -OCH3 is 1. The number of H-pyrrole nitrogens is 1. The smallest absolute Gasteiger partial charge is 0.339 e. The summed E-state index contributed by atoms with van der Waals surface area (Å²) in [6.45, 7) is 0.498. The maximum Gasteiger partial charge on any atom is 0.339 e. The van der Waals surface area contributed by atoms with Crippen LogP contribution in [0, 0.1) is 0 Å². The number of aromatic amines is 1. The van der Waals surface area contributed by atoms with Gasteiger partial charge in [0.25, 0.3) is 0 Å². The molecule has 9 heteroatoms. The first-order valence-corrected chi connectivity index (χ1v) is 9.34. The Bertz CT molecular complexity index is 1050. The Kier molecular flexibility index (Phi) is 5.18. The number of halogens is 1. The maximum absolute atomic E-state index is 13.1. The minimum atomic E-state index is -0.571. The Morgan fingerprint density at radius 2 is 2.21 bits per heavy atom. The monoisotopic (exact) mass is 411 g/mol. The number of carbonyl (C=O) groups is 2. The third-order valence-corrected chi connectivity index (χ3v) is 5.14. The van der Waals surface area contributed by atoms with Crippen molar-refractivity contribution < 1.29 is 14.3 Å². The molecule has 148 valence electrons. The highest BCUT2D eigenvalue weighted by molar-refractivity contribution is 6.33. The molecular weight excluding hydrogens is 394 g/mol. The van der Waals surface area contributed by atoms with E-state index in [1.807, 2.05) is 12.1 Å². The number of hydrogen-bond donors (Lipinski definition) is 2. The zero-order chi connectivity index (χ0) is 20.4. The molecule has 0 saturated carbocycles. The lowest BCUT2D eigenvalue weighted by Crippen LogP contribution is -2.43. The number of urea groups is 1. The Morgan fingerprint density at radius 1 is 1.34 bits per heavy atom. The van der Waals surface area contributed by atoms with Crippen molar-refractivity contribution in [3.05, 3.63) is 76.6 Å². The van der Waals surface area contributed by atoms with Crippen LogP contribution in [0.4, 0.5) is 10.5 Å². The van der Waals surface area contributed by atoms with E-state index in [2.05, 4.69) is 20.3 Å². The molecule has 0 radical (unpaired) electrons. The second-order valence-corrected chi connectivity index (χ2v) is 6.92. The number of carbonyl (C=O) groups excluding carboxylic acids is 2. The maximum atomic E-state index is 13.1. The Labute approximate surface area is 171 Å². The van der Waals surface area contributed by atoms with E-state index in [1.54, 1.807) is 35.8 Å². The highest BCUT2D eigenvalue weighted by atomic mass is 35.5. The van der Waals surface area contributed by atoms with Crippen molar-refractivity contribution in [2.75, 3.05) is 19.0 Å². The Morgan fingerprint density at radius 3 is 2.97 bits per heavy atom. The summed E-state index contributed by atoms with van der Waals surface area (Å²) >= 11 is 6.06. The number of esters is 1. The van der Waals surface area contributed by atoms with Gasteiger partial charge in [-0.15, -0.1) is 0 Å². The molecule has 2 amide bonds. The fourth-order valence-corrected chi connectivity index (χ4v) is 3.63. The number of ether oxygens (including phenoxy) is 1. The molecule has 1 aromatic carbocycles. The molecule has 1 aliphatic rings. The topological polar surface area (TPSA) is 100 Å². The largest absolute Gasteiger partial charge is 0.465 e. The number of nitrogens with zero attached hydrogens (tertiary/aromatic N) is 3. The van der Waals surface area contributed by atoms with Gasteiger partial charge in [-0.25, -0.2) is 14.6 Å². The molecule has 8 nitrogen and oxygen atoms in total. The van der Waals surface area contributed by atoms with E-state index in [1.165, 1.54) is 13.2 Å². The second kappa shape index (κ2) is 7.92. The van der Waals surface area contributed by atoms with Crippen LogP contribution in [-0.2, 0) is 11.2 Å². The highest BCUT2D eigenvalue weighted by Crippen LogP contribution is 2.33. The minimum absolute atomic E-state index is 0.184. The quantitative estimate of drug-likeness (QED) is 0.643. The molecule has 0 aliphatic carbocycles. The first kappa shape index (κ1) is 18.9. The summed E-state index contributed by atoms with van der Waals surface area (Å²) in [6.07, 6.45) is 5.71. The number of aromatic nitrogens is 3. The average Bonchev–Trinajstić information content (AvgIpc) is 3.23. The normalized spacial score (nSPS) is 15.5. The van der Waals surface area contributed by atoms with Gasteiger partial charge in [-0.05, 0) is 29.8 Å². The predicted molar refractivity (Wildman–Crippen MR) is 107 cm³/mol. The lowest BCUT2D eigenvalue weighted by Gasteiger charge is -2.35. The number of rotatable bonds is 3. The van der Waals surface area contributed by atoms with E-state index in [9.17, 15) is 9.59 Å². The molecule has 0 spiro atoms. The van der Waals surface area contributed by atoms with E-state index in [0.717, 1.165) is 17.0 Å². The van der Waals surface area contributed by atoms with Gasteiger partial charge >= 0.3 is 12.0 Å². The standard InChI is InChI=1S/C20H18ClN5O3/c1-29-19(27)14-9-13(4-5-15(14)21)25-20(28)26-8-6-16-17(24-11-23-16)18(26)12-3-2-7-22-10-12/h2-5,7,9-11,18H,6,8H2,1H3,(H,23,24)(H,25,28). The van der Waals surface area contributed by atoms with E-state index in [-0.39, 0.29) is 22.7 Å². The van der Waals surface area contributed by atoms with Crippen molar-refractivity contribution in [1.82, 2.24) is 19.9 Å². The molecule has 0 saturated heterocycles. The van der Waals surface area contributed by atoms with Crippen molar-refractivity contribution in [2.45, 2.75) is 12.5 Å². The summed E-state index contributed by atoms with van der Waals surface area (Å²) in [5.41, 5.74) is 3.29. The zero-order valence-electron chi connectivity index (χ0n) is 15.6. The number of anilines is 1. The van der Waals surface area contributed by atoms with Crippen molar-refractivity contribution in [2.24, 2.45) is 0 Å². The van der Waals surface area contributed by atoms with E-state index < -0.39 is 5.97 Å². The molecule has 4 rings (SSSR count). The highest BCUT2D eigenvalue weighted by Gasteiger charge is 2.34. The molecular formula is C20H18ClN5O3. The first-order chi connectivity index (χ1) is 14.1. The molecule has 1 aliphatic heterocycles. The number of amides is 2. The summed E-state index contributed by atoms with van der Waals surface area (Å²) in [6, 6.07) is 7.74. The van der Waals surface area contributed by atoms with E-state index >= 15 is 0 Å². The van der Waals surface area contributed by atoms with Gasteiger partial charge in [0.15, 0.2) is 0 Å². The third-order valence-electron chi connectivity index (χ3n) is 4.81. The lowest BCUT2D eigenvalue weighted by atomic mass is 9.97. The van der Waals surface area contributed by atoms with Crippen LogP contribution in [0.25, 0.3) is 0 Å². The molecule has 1 unspecified atom stereocenters. The van der Waals surface area contributed by atoms with E-state index in [0.29, 0.717) is 18.7 Å². The van der Waals surface area contributed by atoms with Gasteiger partial charge in [-0.1, -0.05) is 17.7 Å². The van der Waals surface area contributed by atoms with Gasteiger partial charge < -0.3 is 19.9 Å². The van der Waals surface area contributed by atoms with Gasteiger partial charge in [0.1, 0.15) is 6.04 Å². The molecule has 3 aromatic rings. The number of fused-ring (bicyclic) bond motifs is 1. The van der Waals surface area contributed by atoms with Gasteiger partial charge in [-0.2, -0.15) is 0 Å². The molecule has 2 N–H and O–H groups in total. The summed E-state index contributed by atoms with van der Waals surface area (Å²) in [7, 11) is 1.28. The number of pyridine rings is 1. The van der Waals surface area contributed by atoms with Crippen molar-refractivity contribution in [3.63, 3.8) is 0 Å². The van der Waals surface area contributed by atoms with Crippen LogP contribution in [0.3, 0.4) is 0 Å². The van der Waals surface area contributed by atoms with Crippen LogP contribution in [-0.4, -0.2) is 45.5 Å². The summed E-state index contributed by atoms with van der Waals surface area (Å²) in [5.74, 6) is -0.571. The van der Waals surface area contributed by atoms with Crippen LogP contribution < -0.4 is 5.32 Å². The van der Waals surface area contributed by atoms with Crippen LogP contribution in [0.2, 0.25) is 5.02 Å². The number of hydrogen-bond acceptors (Lipinski definition) is 5. The van der Waals surface area contributed by atoms with Crippen LogP contribution in [0.15, 0.2) is 49.1 Å². The Balaban J connectivity index is 1.63. The van der Waals surface area contributed by atoms with Crippen molar-refractivity contribution >= 4 is 29.3 Å². The predicted octanol–water partition coefficient (Wildman–Crippen LogP) is 3.42. The number of benzene rings is 1. The first-order valence-electron chi connectivity index (χ1n) is 8.96. The fourth-order valence-electron chi connectivity index (χ4n) is 3.44. The van der Waals surface area contributed by atoms with Crippen LogP contribution >= 0.6 is 11.6 Å². The van der Waals surface area contributed by atoms with Gasteiger partial charge in [0.05, 0.1) is 29.7 Å². The van der Waals surface area contributed by atoms with Crippen LogP contribution in [0.5, 0.6) is 0 Å². The number of imidazole rings is 1. The summed E-state index contributed by atoms with van der Waals surface area (Å²) in [5, 5.41) is 3.10. The minimum Gasteiger partial charge on any atom is -0.465 e. The molecule has 2 aromatic heterocycles. The number of nitrogens with one attached hydrogen (secondary N) is 2. The molecule has 3 heterocycles. The van der Waals surface area contributed by atoms with Gasteiger partial charge in [0.2, 0.25) is 0 Å². The summed E-state index contributed by atoms with van der Waals surface area (Å²) < 4.78 is 4.73. The molecule has 1 atom stereocenters. The van der Waals surface area contributed by atoms with Crippen molar-refractivity contribution in [1.29, 1.82) is 0 Å². The van der Waals surface area contributed by atoms with Gasteiger partial charge in [0, 0.05) is 36.7 Å². The molecule has 0 fully saturated rings. The average molecular weight is 412 g/mol. The van der Waals surface area contributed by atoms with Gasteiger partial charge in [-0.3, -0.25) is 4.98 Å². The lowest BCUT2D eigenvalue weighted by molar-refractivity contribution is 0.0601. The SMILES string of the molecule is COC(=O)c1cc(NC(=O)N2CCc3[nH]cnc3C2c2cccnc2)ccc1Cl. The summed E-state index contributed by atoms with van der Waals surface area (Å²) in [4.78, 5) is 38.5. The molecule has 29 heavy (non-hydrogen) atoms. The van der Waals surface area contributed by atoms with Crippen LogP contribution in [0.1, 0.15) is 33.4 Å². The Hall–Kier alpha value is -3.39. The third kappa shape index (κ3) is 3.66. The van der Waals surface area contributed by atoms with E-state index in [4.69, 9.17) is 16.3 Å². The second-order valence-electron chi connectivity index (χ2n) is 6.51. The van der Waals surface area contributed by atoms with Crippen molar-refractivity contribution in [3.8, 4) is 0 Å². The fraction of sp³-hybridized carbons (Fsp3) is 0.200.